The smallest absolute Gasteiger partial charge is 0.220 e. The summed E-state index contributed by atoms with van der Waals surface area (Å²) in [6.45, 7) is 0.484. The Balaban J connectivity index is 1.73. The molecule has 1 aromatic rings. The van der Waals surface area contributed by atoms with Crippen molar-refractivity contribution in [3.05, 3.63) is 35.4 Å². The van der Waals surface area contributed by atoms with E-state index in [0.717, 1.165) is 31.4 Å². The van der Waals surface area contributed by atoms with Crippen LogP contribution in [-0.2, 0) is 11.2 Å². The van der Waals surface area contributed by atoms with Gasteiger partial charge in [0.05, 0.1) is 6.10 Å². The average molecular weight is 283 g/mol. The highest BCUT2D eigenvalue weighted by molar-refractivity contribution is 5.76. The molecule has 0 heterocycles. The van der Waals surface area contributed by atoms with Crippen molar-refractivity contribution in [2.45, 2.75) is 38.2 Å². The molecular formula is C15H19F2NO2. The maximum Gasteiger partial charge on any atom is 0.220 e. The molecule has 0 aliphatic heterocycles. The second-order valence-corrected chi connectivity index (χ2v) is 5.31. The molecule has 0 bridgehead atoms. The molecule has 1 aliphatic carbocycles. The number of aliphatic hydroxyl groups is 1. The van der Waals surface area contributed by atoms with Gasteiger partial charge in [-0.1, -0.05) is 12.5 Å². The monoisotopic (exact) mass is 283 g/mol. The third kappa shape index (κ3) is 4.00. The summed E-state index contributed by atoms with van der Waals surface area (Å²) >= 11 is 0. The van der Waals surface area contributed by atoms with Crippen LogP contribution in [0, 0.1) is 17.6 Å². The Bertz CT molecular complexity index is 479. The Morgan fingerprint density at radius 1 is 1.30 bits per heavy atom. The lowest BCUT2D eigenvalue weighted by atomic mass is 10.1. The van der Waals surface area contributed by atoms with Crippen LogP contribution in [0.25, 0.3) is 0 Å². The van der Waals surface area contributed by atoms with Gasteiger partial charge in [0.1, 0.15) is 0 Å². The minimum absolute atomic E-state index is 0.131. The molecule has 0 spiro atoms. The van der Waals surface area contributed by atoms with Crippen LogP contribution in [0.15, 0.2) is 18.2 Å². The Morgan fingerprint density at radius 2 is 2.10 bits per heavy atom. The third-order valence-corrected chi connectivity index (χ3v) is 3.81. The molecule has 2 rings (SSSR count). The number of benzene rings is 1. The van der Waals surface area contributed by atoms with Crippen LogP contribution in [0.3, 0.4) is 0 Å². The van der Waals surface area contributed by atoms with Crippen LogP contribution in [0.4, 0.5) is 8.78 Å². The standard InChI is InChI=1S/C15H19F2NO2/c16-12-6-4-10(8-13(12)17)5-7-15(20)18-9-11-2-1-3-14(11)19/h4,6,8,11,14,19H,1-3,5,7,9H2,(H,18,20). The SMILES string of the molecule is O=C(CCc1ccc(F)c(F)c1)NCC1CCCC1O. The first-order chi connectivity index (χ1) is 9.56. The van der Waals surface area contributed by atoms with Gasteiger partial charge in [0.2, 0.25) is 5.91 Å². The molecule has 2 atom stereocenters. The molecule has 1 saturated carbocycles. The van der Waals surface area contributed by atoms with Crippen molar-refractivity contribution < 1.29 is 18.7 Å². The highest BCUT2D eigenvalue weighted by Gasteiger charge is 2.25. The molecule has 1 aromatic carbocycles. The number of carbonyl (C=O) groups is 1. The number of hydrogen-bond donors (Lipinski definition) is 2. The second kappa shape index (κ2) is 6.79. The van der Waals surface area contributed by atoms with Gasteiger partial charge in [0, 0.05) is 18.9 Å². The van der Waals surface area contributed by atoms with Gasteiger partial charge in [0.15, 0.2) is 11.6 Å². The molecule has 1 amide bonds. The fraction of sp³-hybridized carbons (Fsp3) is 0.533. The molecule has 1 aliphatic rings. The Hall–Kier alpha value is -1.49. The van der Waals surface area contributed by atoms with E-state index in [2.05, 4.69) is 5.32 Å². The molecule has 0 aromatic heterocycles. The predicted octanol–water partition coefficient (Wildman–Crippen LogP) is 2.17. The minimum Gasteiger partial charge on any atom is -0.393 e. The van der Waals surface area contributed by atoms with Gasteiger partial charge in [-0.15, -0.1) is 0 Å². The molecule has 2 N–H and O–H groups in total. The number of aryl methyl sites for hydroxylation is 1. The molecular weight excluding hydrogens is 264 g/mol. The van der Waals surface area contributed by atoms with Crippen LogP contribution in [0.1, 0.15) is 31.2 Å². The number of nitrogens with one attached hydrogen (secondary N) is 1. The van der Waals surface area contributed by atoms with E-state index >= 15 is 0 Å². The Morgan fingerprint density at radius 3 is 2.75 bits per heavy atom. The summed E-state index contributed by atoms with van der Waals surface area (Å²) in [6.07, 6.45) is 3.02. The van der Waals surface area contributed by atoms with Crippen LogP contribution in [-0.4, -0.2) is 23.7 Å². The average Bonchev–Trinajstić information content (AvgIpc) is 2.83. The summed E-state index contributed by atoms with van der Waals surface area (Å²) in [4.78, 5) is 11.7. The lowest BCUT2D eigenvalue weighted by Crippen LogP contribution is -2.32. The van der Waals surface area contributed by atoms with Crippen LogP contribution in [0.2, 0.25) is 0 Å². The van der Waals surface area contributed by atoms with E-state index in [0.29, 0.717) is 18.5 Å². The number of carbonyl (C=O) groups excluding carboxylic acids is 1. The zero-order valence-electron chi connectivity index (χ0n) is 11.2. The zero-order chi connectivity index (χ0) is 14.5. The first kappa shape index (κ1) is 14.9. The van der Waals surface area contributed by atoms with Crippen LogP contribution in [0.5, 0.6) is 0 Å². The highest BCUT2D eigenvalue weighted by Crippen LogP contribution is 2.24. The van der Waals surface area contributed by atoms with Gasteiger partial charge < -0.3 is 10.4 Å². The molecule has 0 radical (unpaired) electrons. The minimum atomic E-state index is -0.892. The first-order valence-corrected chi connectivity index (χ1v) is 6.95. The van der Waals surface area contributed by atoms with Crippen LogP contribution >= 0.6 is 0 Å². The van der Waals surface area contributed by atoms with E-state index in [9.17, 15) is 18.7 Å². The maximum absolute atomic E-state index is 13.0. The van der Waals surface area contributed by atoms with E-state index in [1.54, 1.807) is 0 Å². The molecule has 2 unspecified atom stereocenters. The predicted molar refractivity (Wildman–Crippen MR) is 71.0 cm³/mol. The molecule has 3 nitrogen and oxygen atoms in total. The number of hydrogen-bond acceptors (Lipinski definition) is 2. The lowest BCUT2D eigenvalue weighted by Gasteiger charge is -2.15. The summed E-state index contributed by atoms with van der Waals surface area (Å²) in [5.41, 5.74) is 0.597. The van der Waals surface area contributed by atoms with E-state index in [1.807, 2.05) is 0 Å². The van der Waals surface area contributed by atoms with Gasteiger partial charge in [-0.3, -0.25) is 4.79 Å². The van der Waals surface area contributed by atoms with Gasteiger partial charge >= 0.3 is 0 Å². The van der Waals surface area contributed by atoms with Crippen molar-refractivity contribution in [2.75, 3.05) is 6.54 Å². The molecule has 0 saturated heterocycles. The van der Waals surface area contributed by atoms with E-state index in [-0.39, 0.29) is 24.3 Å². The van der Waals surface area contributed by atoms with Gasteiger partial charge in [0.25, 0.3) is 0 Å². The third-order valence-electron chi connectivity index (χ3n) is 3.81. The number of halogens is 2. The summed E-state index contributed by atoms with van der Waals surface area (Å²) in [7, 11) is 0. The van der Waals surface area contributed by atoms with Crippen molar-refractivity contribution >= 4 is 5.91 Å². The normalized spacial score (nSPS) is 21.9. The van der Waals surface area contributed by atoms with Crippen LogP contribution < -0.4 is 5.32 Å². The van der Waals surface area contributed by atoms with Crippen molar-refractivity contribution in [2.24, 2.45) is 5.92 Å². The van der Waals surface area contributed by atoms with E-state index in [4.69, 9.17) is 0 Å². The van der Waals surface area contributed by atoms with E-state index in [1.165, 1.54) is 6.07 Å². The number of rotatable bonds is 5. The number of aliphatic hydroxyl groups excluding tert-OH is 1. The van der Waals surface area contributed by atoms with Gasteiger partial charge in [-0.25, -0.2) is 8.78 Å². The topological polar surface area (TPSA) is 49.3 Å². The van der Waals surface area contributed by atoms with Gasteiger partial charge in [-0.05, 0) is 37.0 Å². The summed E-state index contributed by atoms with van der Waals surface area (Å²) in [5.74, 6) is -1.76. The Kier molecular flexibility index (Phi) is 5.06. The molecule has 20 heavy (non-hydrogen) atoms. The largest absolute Gasteiger partial charge is 0.393 e. The quantitative estimate of drug-likeness (QED) is 0.870. The second-order valence-electron chi connectivity index (χ2n) is 5.31. The molecule has 1 fully saturated rings. The lowest BCUT2D eigenvalue weighted by molar-refractivity contribution is -0.121. The first-order valence-electron chi connectivity index (χ1n) is 6.95. The summed E-state index contributed by atoms with van der Waals surface area (Å²) in [5, 5.41) is 12.4. The molecule has 110 valence electrons. The highest BCUT2D eigenvalue weighted by atomic mass is 19.2. The fourth-order valence-electron chi connectivity index (χ4n) is 2.54. The van der Waals surface area contributed by atoms with Crippen molar-refractivity contribution in [3.63, 3.8) is 0 Å². The maximum atomic E-state index is 13.0. The van der Waals surface area contributed by atoms with Gasteiger partial charge in [-0.2, -0.15) is 0 Å². The Labute approximate surface area is 117 Å². The van der Waals surface area contributed by atoms with E-state index < -0.39 is 11.6 Å². The number of amides is 1. The summed E-state index contributed by atoms with van der Waals surface area (Å²) < 4.78 is 25.7. The van der Waals surface area contributed by atoms with Crippen molar-refractivity contribution in [3.8, 4) is 0 Å². The van der Waals surface area contributed by atoms with Crippen molar-refractivity contribution in [1.82, 2.24) is 5.32 Å². The fourth-order valence-corrected chi connectivity index (χ4v) is 2.54. The molecule has 5 heteroatoms. The van der Waals surface area contributed by atoms with Crippen molar-refractivity contribution in [1.29, 1.82) is 0 Å². The zero-order valence-corrected chi connectivity index (χ0v) is 11.2. The summed E-state index contributed by atoms with van der Waals surface area (Å²) in [6, 6.07) is 3.66.